The topological polar surface area (TPSA) is 90.3 Å². The molecule has 172 valence electrons. The van der Waals surface area contributed by atoms with Gasteiger partial charge in [-0.1, -0.05) is 60.3 Å². The number of benzene rings is 3. The SMILES string of the molecule is COc1ccc([C@H]2Nn3c(nnc3-c3ccccc3)S[C@@H]2C(=O)Nc2cccc(OC)c2)cc1. The minimum Gasteiger partial charge on any atom is -0.497 e. The summed E-state index contributed by atoms with van der Waals surface area (Å²) in [4.78, 5) is 13.5. The number of carbonyl (C=O) groups excluding carboxylic acids is 1. The zero-order valence-electron chi connectivity index (χ0n) is 18.6. The fraction of sp³-hybridized carbons (Fsp3) is 0.160. The highest BCUT2D eigenvalue weighted by Crippen LogP contribution is 2.39. The van der Waals surface area contributed by atoms with E-state index in [9.17, 15) is 4.79 Å². The van der Waals surface area contributed by atoms with Crippen LogP contribution in [-0.4, -0.2) is 40.3 Å². The van der Waals surface area contributed by atoms with E-state index in [0.717, 1.165) is 16.9 Å². The number of fused-ring (bicyclic) bond motifs is 1. The summed E-state index contributed by atoms with van der Waals surface area (Å²) in [5, 5.41) is 11.9. The lowest BCUT2D eigenvalue weighted by Gasteiger charge is -2.33. The average molecular weight is 474 g/mol. The van der Waals surface area contributed by atoms with Gasteiger partial charge in [0.15, 0.2) is 5.82 Å². The molecule has 1 aliphatic heterocycles. The van der Waals surface area contributed by atoms with E-state index in [4.69, 9.17) is 9.47 Å². The second kappa shape index (κ2) is 9.48. The van der Waals surface area contributed by atoms with Crippen LogP contribution in [0.25, 0.3) is 11.4 Å². The van der Waals surface area contributed by atoms with Gasteiger partial charge < -0.3 is 20.2 Å². The van der Waals surface area contributed by atoms with Gasteiger partial charge in [0.05, 0.1) is 20.3 Å². The van der Waals surface area contributed by atoms with E-state index in [1.54, 1.807) is 20.3 Å². The number of nitrogens with one attached hydrogen (secondary N) is 2. The van der Waals surface area contributed by atoms with Crippen molar-refractivity contribution in [2.45, 2.75) is 16.4 Å². The highest BCUT2D eigenvalue weighted by Gasteiger charge is 2.38. The van der Waals surface area contributed by atoms with Crippen molar-refractivity contribution in [1.29, 1.82) is 0 Å². The van der Waals surface area contributed by atoms with E-state index in [-0.39, 0.29) is 11.9 Å². The van der Waals surface area contributed by atoms with Crippen LogP contribution in [0.15, 0.2) is 84.0 Å². The number of carbonyl (C=O) groups is 1. The van der Waals surface area contributed by atoms with Crippen molar-refractivity contribution >= 4 is 23.4 Å². The van der Waals surface area contributed by atoms with Crippen LogP contribution in [0.1, 0.15) is 11.6 Å². The summed E-state index contributed by atoms with van der Waals surface area (Å²) in [6.07, 6.45) is 0. The maximum absolute atomic E-state index is 13.5. The first-order valence-corrected chi connectivity index (χ1v) is 11.6. The molecule has 2 N–H and O–H groups in total. The Bertz CT molecular complexity index is 1290. The van der Waals surface area contributed by atoms with Gasteiger partial charge in [0.1, 0.15) is 16.7 Å². The molecular formula is C25H23N5O3S. The van der Waals surface area contributed by atoms with E-state index in [1.807, 2.05) is 77.5 Å². The van der Waals surface area contributed by atoms with Crippen LogP contribution >= 0.6 is 11.8 Å². The molecule has 1 amide bonds. The fourth-order valence-corrected chi connectivity index (χ4v) is 4.88. The summed E-state index contributed by atoms with van der Waals surface area (Å²) >= 11 is 1.38. The molecule has 9 heteroatoms. The molecule has 0 saturated carbocycles. The van der Waals surface area contributed by atoms with Crippen molar-refractivity contribution in [2.75, 3.05) is 25.0 Å². The van der Waals surface area contributed by atoms with Crippen molar-refractivity contribution in [3.05, 3.63) is 84.4 Å². The van der Waals surface area contributed by atoms with Gasteiger partial charge in [0.25, 0.3) is 0 Å². The summed E-state index contributed by atoms with van der Waals surface area (Å²) in [6.45, 7) is 0. The van der Waals surface area contributed by atoms with Crippen molar-refractivity contribution in [3.63, 3.8) is 0 Å². The number of thioether (sulfide) groups is 1. The largest absolute Gasteiger partial charge is 0.497 e. The molecule has 0 radical (unpaired) electrons. The number of hydrogen-bond donors (Lipinski definition) is 2. The predicted octanol–water partition coefficient (Wildman–Crippen LogP) is 4.36. The standard InChI is InChI=1S/C25H23N5O3S/c1-32-19-13-11-16(12-14-19)21-22(24(31)26-18-9-6-10-20(15-18)33-2)34-25-28-27-23(30(25)29-21)17-7-4-3-5-8-17/h3-15,21-22,29H,1-2H3,(H,26,31)/t21-,22+/m1/s1. The van der Waals surface area contributed by atoms with Crippen molar-refractivity contribution in [1.82, 2.24) is 14.9 Å². The van der Waals surface area contributed by atoms with E-state index >= 15 is 0 Å². The maximum atomic E-state index is 13.5. The first-order valence-electron chi connectivity index (χ1n) is 10.7. The molecule has 0 fully saturated rings. The molecule has 0 aliphatic carbocycles. The highest BCUT2D eigenvalue weighted by atomic mass is 32.2. The normalized spacial score (nSPS) is 16.8. The van der Waals surface area contributed by atoms with Gasteiger partial charge in [-0.3, -0.25) is 4.79 Å². The molecule has 34 heavy (non-hydrogen) atoms. The minimum absolute atomic E-state index is 0.151. The second-order valence-electron chi connectivity index (χ2n) is 7.65. The number of nitrogens with zero attached hydrogens (tertiary/aromatic N) is 3. The summed E-state index contributed by atoms with van der Waals surface area (Å²) in [5.74, 6) is 1.96. The lowest BCUT2D eigenvalue weighted by molar-refractivity contribution is -0.116. The third-order valence-corrected chi connectivity index (χ3v) is 6.75. The minimum atomic E-state index is -0.500. The van der Waals surface area contributed by atoms with Gasteiger partial charge in [-0.25, -0.2) is 4.68 Å². The molecule has 0 bridgehead atoms. The van der Waals surface area contributed by atoms with Gasteiger partial charge in [0.2, 0.25) is 11.1 Å². The summed E-state index contributed by atoms with van der Waals surface area (Å²) < 4.78 is 12.4. The molecule has 5 rings (SSSR count). The molecule has 2 heterocycles. The molecule has 1 aliphatic rings. The Morgan fingerprint density at radius 1 is 0.941 bits per heavy atom. The van der Waals surface area contributed by atoms with Gasteiger partial charge >= 0.3 is 0 Å². The van der Waals surface area contributed by atoms with Gasteiger partial charge in [-0.15, -0.1) is 10.2 Å². The van der Waals surface area contributed by atoms with Crippen LogP contribution in [-0.2, 0) is 4.79 Å². The van der Waals surface area contributed by atoms with Gasteiger partial charge in [-0.2, -0.15) is 0 Å². The summed E-state index contributed by atoms with van der Waals surface area (Å²) in [7, 11) is 3.22. The lowest BCUT2D eigenvalue weighted by Crippen LogP contribution is -2.41. The Labute approximate surface area is 201 Å². The van der Waals surface area contributed by atoms with Crippen LogP contribution in [0.5, 0.6) is 11.5 Å². The van der Waals surface area contributed by atoms with Gasteiger partial charge in [0, 0.05) is 17.3 Å². The van der Waals surface area contributed by atoms with E-state index in [1.165, 1.54) is 11.8 Å². The number of rotatable bonds is 6. The second-order valence-corrected chi connectivity index (χ2v) is 8.76. The van der Waals surface area contributed by atoms with Crippen LogP contribution in [0.4, 0.5) is 5.69 Å². The molecule has 1 aromatic heterocycles. The molecular weight excluding hydrogens is 450 g/mol. The molecule has 0 saturated heterocycles. The average Bonchev–Trinajstić information content (AvgIpc) is 3.31. The Morgan fingerprint density at radius 3 is 2.44 bits per heavy atom. The van der Waals surface area contributed by atoms with Crippen molar-refractivity contribution in [2.24, 2.45) is 0 Å². The Balaban J connectivity index is 1.50. The number of methoxy groups -OCH3 is 2. The number of amides is 1. The first kappa shape index (κ1) is 21.8. The molecule has 2 atom stereocenters. The zero-order chi connectivity index (χ0) is 23.5. The third-order valence-electron chi connectivity index (χ3n) is 5.54. The molecule has 8 nitrogen and oxygen atoms in total. The predicted molar refractivity (Wildman–Crippen MR) is 132 cm³/mol. The summed E-state index contributed by atoms with van der Waals surface area (Å²) in [6, 6.07) is 24.5. The lowest BCUT2D eigenvalue weighted by atomic mass is 10.0. The Hall–Kier alpha value is -3.98. The van der Waals surface area contributed by atoms with E-state index in [2.05, 4.69) is 20.9 Å². The van der Waals surface area contributed by atoms with Gasteiger partial charge in [-0.05, 0) is 29.8 Å². The fourth-order valence-electron chi connectivity index (χ4n) is 3.80. The Kier molecular flexibility index (Phi) is 6.09. The number of ether oxygens (including phenoxy) is 2. The van der Waals surface area contributed by atoms with Crippen LogP contribution in [0.2, 0.25) is 0 Å². The van der Waals surface area contributed by atoms with Crippen LogP contribution in [0, 0.1) is 0 Å². The molecule has 3 aromatic carbocycles. The van der Waals surface area contributed by atoms with Crippen LogP contribution < -0.4 is 20.2 Å². The number of anilines is 1. The molecule has 0 unspecified atom stereocenters. The first-order chi connectivity index (χ1) is 16.7. The quantitative estimate of drug-likeness (QED) is 0.430. The van der Waals surface area contributed by atoms with Crippen molar-refractivity contribution in [3.8, 4) is 22.9 Å². The summed E-state index contributed by atoms with van der Waals surface area (Å²) in [5.41, 5.74) is 6.02. The highest BCUT2D eigenvalue weighted by molar-refractivity contribution is 8.00. The molecule has 0 spiro atoms. The van der Waals surface area contributed by atoms with Crippen molar-refractivity contribution < 1.29 is 14.3 Å². The van der Waals surface area contributed by atoms with E-state index in [0.29, 0.717) is 22.4 Å². The smallest absolute Gasteiger partial charge is 0.240 e. The third kappa shape index (κ3) is 4.29. The molecule has 4 aromatic rings. The number of aromatic nitrogens is 3. The number of hydrogen-bond acceptors (Lipinski definition) is 7. The zero-order valence-corrected chi connectivity index (χ0v) is 19.5. The van der Waals surface area contributed by atoms with E-state index < -0.39 is 5.25 Å². The van der Waals surface area contributed by atoms with Crippen LogP contribution in [0.3, 0.4) is 0 Å². The maximum Gasteiger partial charge on any atom is 0.240 e. The monoisotopic (exact) mass is 473 g/mol. The Morgan fingerprint density at radius 2 is 1.71 bits per heavy atom.